The number of hydrogen-bond acceptors (Lipinski definition) is 3. The third-order valence-corrected chi connectivity index (χ3v) is 0.914. The molecule has 0 atom stereocenters. The summed E-state index contributed by atoms with van der Waals surface area (Å²) in [6.07, 6.45) is -2.99. The van der Waals surface area contributed by atoms with E-state index in [-0.39, 0.29) is 0 Å². The van der Waals surface area contributed by atoms with Gasteiger partial charge in [-0.3, -0.25) is 14.7 Å². The first-order valence-corrected chi connectivity index (χ1v) is 3.80. The van der Waals surface area contributed by atoms with Crippen molar-refractivity contribution >= 4 is 13.6 Å². The number of nitrogens with one attached hydrogen (secondary N) is 1. The lowest BCUT2D eigenvalue weighted by Crippen LogP contribution is -2.23. The van der Waals surface area contributed by atoms with Crippen LogP contribution in [0.1, 0.15) is 2.74 Å². The molecule has 10 heavy (non-hydrogen) atoms. The lowest BCUT2D eigenvalue weighted by molar-refractivity contribution is -0.135. The van der Waals surface area contributed by atoms with Crippen LogP contribution in [0.4, 0.5) is 0 Å². The molecule has 60 valence electrons. The molecule has 0 radical (unpaired) electrons. The van der Waals surface area contributed by atoms with Gasteiger partial charge in [-0.05, 0) is 0 Å². The maximum absolute atomic E-state index is 10.3. The second kappa shape index (κ2) is 3.68. The molecule has 7 heteroatoms. The van der Waals surface area contributed by atoms with E-state index in [9.17, 15) is 9.36 Å². The van der Waals surface area contributed by atoms with Crippen molar-refractivity contribution in [2.45, 2.75) is 0 Å². The van der Waals surface area contributed by atoms with Crippen LogP contribution >= 0.6 is 7.60 Å². The highest BCUT2D eigenvalue weighted by atomic mass is 31.2. The van der Waals surface area contributed by atoms with Gasteiger partial charge >= 0.3 is 13.6 Å². The number of carboxylic acid groups (broad SMARTS) is 1. The summed E-state index contributed by atoms with van der Waals surface area (Å²) >= 11 is 0. The highest BCUT2D eigenvalue weighted by molar-refractivity contribution is 7.51. The molecular formula is C3H8NO5P. The van der Waals surface area contributed by atoms with Crippen LogP contribution in [-0.2, 0) is 9.36 Å². The Kier molecular flexibility index (Phi) is 2.32. The molecule has 0 spiro atoms. The van der Waals surface area contributed by atoms with Gasteiger partial charge in [0.15, 0.2) is 0 Å². The molecule has 0 heterocycles. The van der Waals surface area contributed by atoms with E-state index >= 15 is 0 Å². The maximum Gasteiger partial charge on any atom is 0.339 e. The van der Waals surface area contributed by atoms with Crippen LogP contribution < -0.4 is 5.32 Å². The van der Waals surface area contributed by atoms with Gasteiger partial charge in [-0.25, -0.2) is 0 Å². The van der Waals surface area contributed by atoms with Gasteiger partial charge < -0.3 is 14.9 Å². The Balaban J connectivity index is 4.24. The fourth-order valence-electron chi connectivity index (χ4n) is 0.218. The molecule has 6 nitrogen and oxygen atoms in total. The fraction of sp³-hybridized carbons (Fsp3) is 0.667. The topological polar surface area (TPSA) is 107 Å². The Morgan fingerprint density at radius 3 is 2.50 bits per heavy atom. The van der Waals surface area contributed by atoms with E-state index < -0.39 is 26.3 Å². The zero-order valence-electron chi connectivity index (χ0n) is 6.81. The summed E-state index contributed by atoms with van der Waals surface area (Å²) in [5.74, 6) is -1.40. The van der Waals surface area contributed by atoms with Crippen LogP contribution in [0.5, 0.6) is 0 Å². The molecule has 4 N–H and O–H groups in total. The molecule has 0 aliphatic rings. The molecule has 0 bridgehead atoms. The summed E-state index contributed by atoms with van der Waals surface area (Å²) < 4.78 is 23.7. The summed E-state index contributed by atoms with van der Waals surface area (Å²) in [6, 6.07) is 0. The van der Waals surface area contributed by atoms with E-state index in [4.69, 9.17) is 17.6 Å². The van der Waals surface area contributed by atoms with Gasteiger partial charge in [-0.15, -0.1) is 0 Å². The smallest absolute Gasteiger partial charge is 0.339 e. The predicted octanol–water partition coefficient (Wildman–Crippen LogP) is -1.20. The lowest BCUT2D eigenvalue weighted by atomic mass is 10.7. The third kappa shape index (κ3) is 7.58. The summed E-state index contributed by atoms with van der Waals surface area (Å²) in [4.78, 5) is 26.6. The molecule has 0 saturated carbocycles. The minimum Gasteiger partial charge on any atom is -0.480 e. The molecule has 0 aliphatic heterocycles. The second-order valence-corrected chi connectivity index (χ2v) is 2.71. The van der Waals surface area contributed by atoms with Crippen LogP contribution in [-0.4, -0.2) is 33.6 Å². The van der Waals surface area contributed by atoms with Crippen LogP contribution in [0.3, 0.4) is 0 Å². The average Bonchev–Trinajstić information content (AvgIpc) is 1.81. The zero-order valence-corrected chi connectivity index (χ0v) is 5.71. The minimum atomic E-state index is -4.97. The van der Waals surface area contributed by atoms with Gasteiger partial charge in [0.05, 0.1) is 15.5 Å². The van der Waals surface area contributed by atoms with E-state index in [1.54, 1.807) is 5.32 Å². The van der Waals surface area contributed by atoms with Crippen LogP contribution in [0, 0.1) is 0 Å². The second-order valence-electron chi connectivity index (χ2n) is 1.40. The molecule has 0 fully saturated rings. The van der Waals surface area contributed by atoms with Gasteiger partial charge in [0.1, 0.15) is 0 Å². The van der Waals surface area contributed by atoms with Crippen molar-refractivity contribution in [3.05, 3.63) is 0 Å². The Labute approximate surface area is 59.8 Å². The fourth-order valence-corrected chi connectivity index (χ4v) is 0.503. The first-order valence-electron chi connectivity index (χ1n) is 3.19. The van der Waals surface area contributed by atoms with Crippen molar-refractivity contribution in [2.75, 3.05) is 12.8 Å². The van der Waals surface area contributed by atoms with Crippen LogP contribution in [0.25, 0.3) is 0 Å². The van der Waals surface area contributed by atoms with E-state index in [0.717, 1.165) is 0 Å². The van der Waals surface area contributed by atoms with E-state index in [1.807, 2.05) is 0 Å². The Morgan fingerprint density at radius 1 is 1.70 bits per heavy atom. The molecule has 0 aliphatic carbocycles. The Bertz CT molecular complexity index is 225. The number of hydrogen-bond donors (Lipinski definition) is 4. The molecular weight excluding hydrogens is 161 g/mol. The molecule has 0 rings (SSSR count). The third-order valence-electron chi connectivity index (χ3n) is 0.464. The largest absolute Gasteiger partial charge is 0.480 e. The van der Waals surface area contributed by atoms with Crippen LogP contribution in [0.2, 0.25) is 0 Å². The van der Waals surface area contributed by atoms with Crippen molar-refractivity contribution in [1.29, 1.82) is 0 Å². The molecule has 0 amide bonds. The number of rotatable bonds is 4. The van der Waals surface area contributed by atoms with Crippen molar-refractivity contribution < 1.29 is 27.0 Å². The van der Waals surface area contributed by atoms with Gasteiger partial charge in [-0.2, -0.15) is 0 Å². The minimum absolute atomic E-state index is 0.849. The Hall–Kier alpha value is -0.420. The average molecular weight is 171 g/mol. The summed E-state index contributed by atoms with van der Waals surface area (Å²) in [7, 11) is -4.97. The summed E-state index contributed by atoms with van der Waals surface area (Å²) in [5.41, 5.74) is 0. The van der Waals surface area contributed by atoms with Gasteiger partial charge in [0.25, 0.3) is 0 Å². The lowest BCUT2D eigenvalue weighted by Gasteiger charge is -2.02. The van der Waals surface area contributed by atoms with Gasteiger partial charge in [-0.1, -0.05) is 0 Å². The number of aliphatic carboxylic acids is 1. The van der Waals surface area contributed by atoms with E-state index in [1.165, 1.54) is 0 Å². The highest BCUT2D eigenvalue weighted by Crippen LogP contribution is 2.31. The Morgan fingerprint density at radius 2 is 2.20 bits per heavy atom. The standard InChI is InChI=1S/C3H8NO5P/c5-3(6)1-4-2-10(7,8)9/h4H,1-2H2,(H,5,6)(H2,7,8,9)/i2D2. The van der Waals surface area contributed by atoms with Crippen molar-refractivity contribution in [3.8, 4) is 0 Å². The highest BCUT2D eigenvalue weighted by Gasteiger charge is 2.11. The zero-order chi connectivity index (χ0) is 9.99. The number of carbonyl (C=O) groups is 1. The molecule has 0 saturated heterocycles. The van der Waals surface area contributed by atoms with Gasteiger partial charge in [0, 0.05) is 0 Å². The molecule has 0 aromatic carbocycles. The number of carboxylic acids is 1. The van der Waals surface area contributed by atoms with Crippen molar-refractivity contribution in [2.24, 2.45) is 0 Å². The SMILES string of the molecule is [2H]C([2H])(NCC(=O)O)P(=O)(O)O. The van der Waals surface area contributed by atoms with Crippen LogP contribution in [0.15, 0.2) is 0 Å². The molecule has 0 aromatic heterocycles. The van der Waals surface area contributed by atoms with Crippen molar-refractivity contribution in [1.82, 2.24) is 5.32 Å². The quantitative estimate of drug-likeness (QED) is 0.395. The van der Waals surface area contributed by atoms with Gasteiger partial charge in [0.2, 0.25) is 0 Å². The molecule has 0 aromatic rings. The summed E-state index contributed by atoms with van der Waals surface area (Å²) in [6.45, 7) is -0.849. The van der Waals surface area contributed by atoms with E-state index in [2.05, 4.69) is 0 Å². The predicted molar refractivity (Wildman–Crippen MR) is 32.5 cm³/mol. The van der Waals surface area contributed by atoms with Crippen molar-refractivity contribution in [3.63, 3.8) is 0 Å². The first-order chi connectivity index (χ1) is 5.17. The molecule has 0 unspecified atom stereocenters. The maximum atomic E-state index is 10.3. The summed E-state index contributed by atoms with van der Waals surface area (Å²) in [5, 5.41) is 9.63. The first kappa shape index (κ1) is 6.30. The monoisotopic (exact) mass is 171 g/mol. The van der Waals surface area contributed by atoms with E-state index in [0.29, 0.717) is 0 Å². The normalized spacial score (nSPS) is 15.8.